The molecule has 0 radical (unpaired) electrons. The number of hydrogen-bond donors (Lipinski definition) is 2. The molecule has 0 fully saturated rings. The summed E-state index contributed by atoms with van der Waals surface area (Å²) in [6.07, 6.45) is 0. The van der Waals surface area contributed by atoms with E-state index in [1.54, 1.807) is 12.1 Å². The molecular formula is C8H9FN2OS. The lowest BCUT2D eigenvalue weighted by Gasteiger charge is -1.99. The van der Waals surface area contributed by atoms with Crippen molar-refractivity contribution in [1.82, 2.24) is 5.43 Å². The van der Waals surface area contributed by atoms with Gasteiger partial charge in [-0.25, -0.2) is 10.2 Å². The Hall–Kier alpha value is -1.07. The number of amides is 1. The Morgan fingerprint density at radius 1 is 1.46 bits per heavy atom. The smallest absolute Gasteiger partial charge is 0.244 e. The largest absolute Gasteiger partial charge is 0.294 e. The summed E-state index contributed by atoms with van der Waals surface area (Å²) in [4.78, 5) is 11.6. The summed E-state index contributed by atoms with van der Waals surface area (Å²) in [5.74, 6) is 4.59. The first-order chi connectivity index (χ1) is 6.22. The Bertz CT molecular complexity index is 289. The van der Waals surface area contributed by atoms with Gasteiger partial charge in [0, 0.05) is 4.90 Å². The average molecular weight is 200 g/mol. The highest BCUT2D eigenvalue weighted by molar-refractivity contribution is 8.00. The van der Waals surface area contributed by atoms with Crippen molar-refractivity contribution in [3.63, 3.8) is 0 Å². The van der Waals surface area contributed by atoms with E-state index in [0.29, 0.717) is 0 Å². The molecule has 0 spiro atoms. The first-order valence-electron chi connectivity index (χ1n) is 3.60. The number of thioether (sulfide) groups is 1. The molecule has 0 saturated heterocycles. The van der Waals surface area contributed by atoms with E-state index in [1.807, 2.05) is 5.43 Å². The highest BCUT2D eigenvalue weighted by Crippen LogP contribution is 2.17. The first kappa shape index (κ1) is 10.0. The molecule has 3 nitrogen and oxygen atoms in total. The molecule has 0 aromatic heterocycles. The van der Waals surface area contributed by atoms with Crippen LogP contribution < -0.4 is 11.3 Å². The molecule has 1 amide bonds. The number of nitrogens with two attached hydrogens (primary N) is 1. The molecule has 0 heterocycles. The van der Waals surface area contributed by atoms with E-state index in [9.17, 15) is 9.18 Å². The van der Waals surface area contributed by atoms with Crippen LogP contribution in [-0.2, 0) is 4.79 Å². The Labute approximate surface area is 79.5 Å². The van der Waals surface area contributed by atoms with Crippen molar-refractivity contribution in [1.29, 1.82) is 0 Å². The number of hydrogen-bond acceptors (Lipinski definition) is 3. The molecule has 5 heteroatoms. The van der Waals surface area contributed by atoms with Gasteiger partial charge < -0.3 is 0 Å². The number of benzene rings is 1. The molecule has 0 atom stereocenters. The minimum absolute atomic E-state index is 0.238. The van der Waals surface area contributed by atoms with Gasteiger partial charge in [0.05, 0.1) is 5.75 Å². The van der Waals surface area contributed by atoms with Gasteiger partial charge >= 0.3 is 0 Å². The van der Waals surface area contributed by atoms with Gasteiger partial charge in [-0.2, -0.15) is 0 Å². The number of halogens is 1. The second-order valence-corrected chi connectivity index (χ2v) is 3.36. The molecular weight excluding hydrogens is 191 g/mol. The van der Waals surface area contributed by atoms with E-state index < -0.39 is 0 Å². The Kier molecular flexibility index (Phi) is 3.72. The minimum atomic E-state index is -0.285. The summed E-state index contributed by atoms with van der Waals surface area (Å²) < 4.78 is 12.4. The van der Waals surface area contributed by atoms with Crippen LogP contribution >= 0.6 is 11.8 Å². The Morgan fingerprint density at radius 2 is 2.08 bits per heavy atom. The summed E-state index contributed by atoms with van der Waals surface area (Å²) in [5, 5.41) is 0. The normalized spacial score (nSPS) is 9.69. The van der Waals surface area contributed by atoms with Gasteiger partial charge in [-0.05, 0) is 24.3 Å². The van der Waals surface area contributed by atoms with E-state index in [4.69, 9.17) is 5.84 Å². The zero-order valence-electron chi connectivity index (χ0n) is 6.79. The second kappa shape index (κ2) is 4.84. The first-order valence-corrected chi connectivity index (χ1v) is 4.59. The zero-order valence-corrected chi connectivity index (χ0v) is 7.60. The molecule has 3 N–H and O–H groups in total. The second-order valence-electron chi connectivity index (χ2n) is 2.31. The molecule has 0 aliphatic carbocycles. The van der Waals surface area contributed by atoms with Crippen molar-refractivity contribution < 1.29 is 9.18 Å². The summed E-state index contributed by atoms with van der Waals surface area (Å²) in [5.41, 5.74) is 2.01. The van der Waals surface area contributed by atoms with Crippen LogP contribution in [0.25, 0.3) is 0 Å². The van der Waals surface area contributed by atoms with Crippen LogP contribution in [0.2, 0.25) is 0 Å². The molecule has 0 aliphatic rings. The number of hydrazine groups is 1. The maximum Gasteiger partial charge on any atom is 0.244 e. The SMILES string of the molecule is NNC(=O)CSc1ccc(F)cc1. The van der Waals surface area contributed by atoms with E-state index >= 15 is 0 Å². The monoisotopic (exact) mass is 200 g/mol. The fourth-order valence-electron chi connectivity index (χ4n) is 0.721. The third kappa shape index (κ3) is 3.43. The molecule has 0 saturated carbocycles. The molecule has 0 bridgehead atoms. The maximum absolute atomic E-state index is 12.4. The lowest BCUT2D eigenvalue weighted by molar-refractivity contribution is -0.118. The third-order valence-corrected chi connectivity index (χ3v) is 2.36. The third-order valence-electron chi connectivity index (χ3n) is 1.34. The average Bonchev–Trinajstić information content (AvgIpc) is 2.16. The van der Waals surface area contributed by atoms with Crippen molar-refractivity contribution in [3.8, 4) is 0 Å². The van der Waals surface area contributed by atoms with Gasteiger partial charge in [0.1, 0.15) is 5.82 Å². The minimum Gasteiger partial charge on any atom is -0.294 e. The molecule has 1 rings (SSSR count). The molecule has 13 heavy (non-hydrogen) atoms. The molecule has 1 aromatic rings. The van der Waals surface area contributed by atoms with E-state index in [-0.39, 0.29) is 17.5 Å². The number of carbonyl (C=O) groups is 1. The van der Waals surface area contributed by atoms with Gasteiger partial charge in [0.15, 0.2) is 0 Å². The van der Waals surface area contributed by atoms with Gasteiger partial charge in [0.2, 0.25) is 5.91 Å². The maximum atomic E-state index is 12.4. The summed E-state index contributed by atoms with van der Waals surface area (Å²) in [7, 11) is 0. The lowest BCUT2D eigenvalue weighted by atomic mass is 10.4. The fraction of sp³-hybridized carbons (Fsp3) is 0.125. The van der Waals surface area contributed by atoms with Gasteiger partial charge in [-0.1, -0.05) is 0 Å². The standard InChI is InChI=1S/C8H9FN2OS/c9-6-1-3-7(4-2-6)13-5-8(12)11-10/h1-4H,5,10H2,(H,11,12). The van der Waals surface area contributed by atoms with Gasteiger partial charge in [0.25, 0.3) is 0 Å². The topological polar surface area (TPSA) is 55.1 Å². The van der Waals surface area contributed by atoms with Crippen LogP contribution in [0.4, 0.5) is 4.39 Å². The van der Waals surface area contributed by atoms with Crippen molar-refractivity contribution in [2.75, 3.05) is 5.75 Å². The highest BCUT2D eigenvalue weighted by atomic mass is 32.2. The van der Waals surface area contributed by atoms with Crippen molar-refractivity contribution in [2.45, 2.75) is 4.90 Å². The van der Waals surface area contributed by atoms with Crippen LogP contribution in [0, 0.1) is 5.82 Å². The van der Waals surface area contributed by atoms with Crippen molar-refractivity contribution in [2.24, 2.45) is 5.84 Å². The number of carbonyl (C=O) groups excluding carboxylic acids is 1. The van der Waals surface area contributed by atoms with Crippen molar-refractivity contribution >= 4 is 17.7 Å². The summed E-state index contributed by atoms with van der Waals surface area (Å²) in [6, 6.07) is 5.93. The van der Waals surface area contributed by atoms with Crippen molar-refractivity contribution in [3.05, 3.63) is 30.1 Å². The zero-order chi connectivity index (χ0) is 9.68. The van der Waals surface area contributed by atoms with Gasteiger partial charge in [-0.15, -0.1) is 11.8 Å². The molecule has 0 aliphatic heterocycles. The predicted molar refractivity (Wildman–Crippen MR) is 49.5 cm³/mol. The summed E-state index contributed by atoms with van der Waals surface area (Å²) >= 11 is 1.30. The van der Waals surface area contributed by atoms with E-state index in [2.05, 4.69) is 0 Å². The van der Waals surface area contributed by atoms with E-state index in [1.165, 1.54) is 23.9 Å². The van der Waals surface area contributed by atoms with Crippen LogP contribution in [-0.4, -0.2) is 11.7 Å². The van der Waals surface area contributed by atoms with E-state index in [0.717, 1.165) is 4.90 Å². The van der Waals surface area contributed by atoms with Crippen LogP contribution in [0.5, 0.6) is 0 Å². The van der Waals surface area contributed by atoms with Crippen LogP contribution in [0.15, 0.2) is 29.2 Å². The van der Waals surface area contributed by atoms with Gasteiger partial charge in [-0.3, -0.25) is 10.2 Å². The Morgan fingerprint density at radius 3 is 2.62 bits per heavy atom. The highest BCUT2D eigenvalue weighted by Gasteiger charge is 1.99. The number of rotatable bonds is 3. The summed E-state index contributed by atoms with van der Waals surface area (Å²) in [6.45, 7) is 0. The Balaban J connectivity index is 2.46. The van der Waals surface area contributed by atoms with Crippen LogP contribution in [0.3, 0.4) is 0 Å². The molecule has 70 valence electrons. The lowest BCUT2D eigenvalue weighted by Crippen LogP contribution is -2.31. The fourth-order valence-corrected chi connectivity index (χ4v) is 1.43. The predicted octanol–water partition coefficient (Wildman–Crippen LogP) is 0.908. The molecule has 1 aromatic carbocycles. The quantitative estimate of drug-likeness (QED) is 0.330. The molecule has 0 unspecified atom stereocenters. The van der Waals surface area contributed by atoms with Crippen LogP contribution in [0.1, 0.15) is 0 Å². The number of nitrogens with one attached hydrogen (secondary N) is 1.